The molecule has 0 radical (unpaired) electrons. The number of ether oxygens (including phenoxy) is 1. The molecule has 0 unspecified atom stereocenters. The van der Waals surface area contributed by atoms with Crippen molar-refractivity contribution in [2.45, 2.75) is 13.8 Å². The molecule has 0 fully saturated rings. The van der Waals surface area contributed by atoms with Crippen LogP contribution in [0.2, 0.25) is 0 Å². The first-order valence-electron chi connectivity index (χ1n) is 7.24. The van der Waals surface area contributed by atoms with Crippen molar-refractivity contribution in [2.75, 3.05) is 6.61 Å². The van der Waals surface area contributed by atoms with Crippen LogP contribution in [0.1, 0.15) is 30.5 Å². The van der Waals surface area contributed by atoms with Crippen LogP contribution in [0.5, 0.6) is 0 Å². The maximum Gasteiger partial charge on any atom is 0.331 e. The maximum atomic E-state index is 11.5. The van der Waals surface area contributed by atoms with Gasteiger partial charge in [0.1, 0.15) is 5.71 Å². The summed E-state index contributed by atoms with van der Waals surface area (Å²) >= 11 is 0. The van der Waals surface area contributed by atoms with Gasteiger partial charge in [-0.05, 0) is 37.1 Å². The highest BCUT2D eigenvalue weighted by Gasteiger charge is 2.08. The van der Waals surface area contributed by atoms with Crippen LogP contribution in [0.15, 0.2) is 60.0 Å². The van der Waals surface area contributed by atoms with Crippen molar-refractivity contribution in [2.24, 2.45) is 5.16 Å². The van der Waals surface area contributed by atoms with E-state index in [1.807, 2.05) is 37.3 Å². The second kappa shape index (κ2) is 7.89. The third kappa shape index (κ3) is 4.26. The number of pyridine rings is 1. The molecule has 1 aromatic carbocycles. The Bertz CT molecular complexity index is 720. The second-order valence-corrected chi connectivity index (χ2v) is 4.85. The summed E-state index contributed by atoms with van der Waals surface area (Å²) in [6.45, 7) is 3.96. The predicted octanol–water partition coefficient (Wildman–Crippen LogP) is 3.27. The van der Waals surface area contributed by atoms with Crippen LogP contribution in [0, 0.1) is 0 Å². The molecule has 1 heterocycles. The van der Waals surface area contributed by atoms with Crippen LogP contribution >= 0.6 is 0 Å². The zero-order valence-corrected chi connectivity index (χ0v) is 13.1. The van der Waals surface area contributed by atoms with Gasteiger partial charge < -0.3 is 9.94 Å². The van der Waals surface area contributed by atoms with Crippen molar-refractivity contribution >= 4 is 17.3 Å². The van der Waals surface area contributed by atoms with Crippen molar-refractivity contribution in [3.63, 3.8) is 0 Å². The number of hydrogen-bond acceptors (Lipinski definition) is 5. The lowest BCUT2D eigenvalue weighted by atomic mass is 10.00. The Labute approximate surface area is 134 Å². The Balaban J connectivity index is 2.24. The van der Waals surface area contributed by atoms with Crippen molar-refractivity contribution < 1.29 is 14.7 Å². The lowest BCUT2D eigenvalue weighted by Gasteiger charge is -2.07. The standard InChI is InChI=1S/C18H18N2O3/c1-3-23-17(21)11-13(2)14-6-8-15(9-7-14)18(20-22)16-5-4-10-19-12-16/h4-12,22H,3H2,1-2H3. The van der Waals surface area contributed by atoms with E-state index in [-0.39, 0.29) is 5.97 Å². The third-order valence-corrected chi connectivity index (χ3v) is 3.27. The lowest BCUT2D eigenvalue weighted by molar-refractivity contribution is -0.137. The highest BCUT2D eigenvalue weighted by molar-refractivity contribution is 6.12. The molecule has 1 aromatic heterocycles. The molecule has 0 saturated heterocycles. The summed E-state index contributed by atoms with van der Waals surface area (Å²) in [5.74, 6) is -0.359. The molecule has 0 bridgehead atoms. The number of nitrogens with zero attached hydrogens (tertiary/aromatic N) is 2. The van der Waals surface area contributed by atoms with Gasteiger partial charge in [-0.15, -0.1) is 0 Å². The van der Waals surface area contributed by atoms with Crippen LogP contribution in [0.3, 0.4) is 0 Å². The fourth-order valence-corrected chi connectivity index (χ4v) is 2.12. The Hall–Kier alpha value is -2.95. The molecule has 5 nitrogen and oxygen atoms in total. The smallest absolute Gasteiger partial charge is 0.331 e. The number of allylic oxidation sites excluding steroid dienone is 1. The first-order chi connectivity index (χ1) is 11.2. The van der Waals surface area contributed by atoms with E-state index in [0.29, 0.717) is 12.3 Å². The van der Waals surface area contributed by atoms with Crippen molar-refractivity contribution in [3.8, 4) is 0 Å². The molecule has 0 amide bonds. The monoisotopic (exact) mass is 310 g/mol. The summed E-state index contributed by atoms with van der Waals surface area (Å²) < 4.78 is 4.90. The van der Waals surface area contributed by atoms with Crippen molar-refractivity contribution in [1.29, 1.82) is 0 Å². The number of rotatable bonds is 5. The third-order valence-electron chi connectivity index (χ3n) is 3.27. The van der Waals surface area contributed by atoms with E-state index in [9.17, 15) is 10.0 Å². The number of aromatic nitrogens is 1. The van der Waals surface area contributed by atoms with Crippen LogP contribution in [0.25, 0.3) is 5.57 Å². The molecule has 118 valence electrons. The van der Waals surface area contributed by atoms with E-state index in [4.69, 9.17) is 4.74 Å². The highest BCUT2D eigenvalue weighted by atomic mass is 16.5. The molecular formula is C18H18N2O3. The molecule has 0 aliphatic rings. The van der Waals surface area contributed by atoms with E-state index in [1.54, 1.807) is 25.4 Å². The van der Waals surface area contributed by atoms with Gasteiger partial charge in [-0.3, -0.25) is 4.98 Å². The van der Waals surface area contributed by atoms with E-state index in [2.05, 4.69) is 10.1 Å². The Morgan fingerprint density at radius 2 is 1.91 bits per heavy atom. The van der Waals surface area contributed by atoms with Crippen LogP contribution in [-0.2, 0) is 9.53 Å². The normalized spacial score (nSPS) is 12.1. The van der Waals surface area contributed by atoms with Gasteiger partial charge in [0.2, 0.25) is 0 Å². The first-order valence-corrected chi connectivity index (χ1v) is 7.24. The molecular weight excluding hydrogens is 292 g/mol. The van der Waals surface area contributed by atoms with Crippen LogP contribution in [-0.4, -0.2) is 28.5 Å². The van der Waals surface area contributed by atoms with Gasteiger partial charge in [-0.25, -0.2) is 4.79 Å². The van der Waals surface area contributed by atoms with Crippen molar-refractivity contribution in [1.82, 2.24) is 4.98 Å². The number of hydrogen-bond donors (Lipinski definition) is 1. The summed E-state index contributed by atoms with van der Waals surface area (Å²) in [4.78, 5) is 15.5. The topological polar surface area (TPSA) is 71.8 Å². The van der Waals surface area contributed by atoms with Gasteiger partial charge in [0.05, 0.1) is 6.61 Å². The maximum absolute atomic E-state index is 11.5. The summed E-state index contributed by atoms with van der Waals surface area (Å²) in [5.41, 5.74) is 3.62. The van der Waals surface area contributed by atoms with Gasteiger partial charge in [-0.1, -0.05) is 29.4 Å². The van der Waals surface area contributed by atoms with Gasteiger partial charge in [0.25, 0.3) is 0 Å². The number of carbonyl (C=O) groups excluding carboxylic acids is 1. The molecule has 0 spiro atoms. The van der Waals surface area contributed by atoms with Crippen LogP contribution < -0.4 is 0 Å². The number of benzene rings is 1. The average molecular weight is 310 g/mol. The van der Waals surface area contributed by atoms with Gasteiger partial charge in [0, 0.05) is 29.6 Å². The largest absolute Gasteiger partial charge is 0.463 e. The fourth-order valence-electron chi connectivity index (χ4n) is 2.12. The zero-order valence-electron chi connectivity index (χ0n) is 13.1. The number of oxime groups is 1. The zero-order chi connectivity index (χ0) is 16.7. The minimum absolute atomic E-state index is 0.350. The Morgan fingerprint density at radius 3 is 2.48 bits per heavy atom. The highest BCUT2D eigenvalue weighted by Crippen LogP contribution is 2.17. The first kappa shape index (κ1) is 16.4. The number of carbonyl (C=O) groups is 1. The van der Waals surface area contributed by atoms with Gasteiger partial charge in [-0.2, -0.15) is 0 Å². The molecule has 1 N–H and O–H groups in total. The molecule has 0 saturated carbocycles. The van der Waals surface area contributed by atoms with Gasteiger partial charge in [0.15, 0.2) is 0 Å². The van der Waals surface area contributed by atoms with E-state index >= 15 is 0 Å². The quantitative estimate of drug-likeness (QED) is 0.302. The molecule has 2 rings (SSSR count). The lowest BCUT2D eigenvalue weighted by Crippen LogP contribution is -2.04. The SMILES string of the molecule is CCOC(=O)C=C(C)c1ccc(C(=NO)c2cccnc2)cc1. The predicted molar refractivity (Wildman–Crippen MR) is 88.4 cm³/mol. The molecule has 2 aromatic rings. The van der Waals surface area contributed by atoms with E-state index in [0.717, 1.165) is 22.3 Å². The molecule has 23 heavy (non-hydrogen) atoms. The summed E-state index contributed by atoms with van der Waals surface area (Å²) in [6.07, 6.45) is 4.75. The van der Waals surface area contributed by atoms with Crippen molar-refractivity contribution in [3.05, 3.63) is 71.6 Å². The molecule has 0 aliphatic heterocycles. The molecule has 5 heteroatoms. The Kier molecular flexibility index (Phi) is 5.63. The average Bonchev–Trinajstić information content (AvgIpc) is 2.57. The minimum atomic E-state index is -0.359. The molecule has 0 atom stereocenters. The summed E-state index contributed by atoms with van der Waals surface area (Å²) in [7, 11) is 0. The van der Waals surface area contributed by atoms with Crippen LogP contribution in [0.4, 0.5) is 0 Å². The minimum Gasteiger partial charge on any atom is -0.463 e. The fraction of sp³-hybridized carbons (Fsp3) is 0.167. The van der Waals surface area contributed by atoms with E-state index in [1.165, 1.54) is 6.08 Å². The van der Waals surface area contributed by atoms with E-state index < -0.39 is 0 Å². The summed E-state index contributed by atoms with van der Waals surface area (Å²) in [6, 6.07) is 11.0. The van der Waals surface area contributed by atoms with Gasteiger partial charge >= 0.3 is 5.97 Å². The molecule has 0 aliphatic carbocycles. The summed E-state index contributed by atoms with van der Waals surface area (Å²) in [5, 5.41) is 12.6. The Morgan fingerprint density at radius 1 is 1.22 bits per heavy atom. The second-order valence-electron chi connectivity index (χ2n) is 4.85. The number of esters is 1.